The predicted molar refractivity (Wildman–Crippen MR) is 130 cm³/mol. The number of carbonyl (C=O) groups excluding carboxylic acids is 1. The Hall–Kier alpha value is -4.45. The fourth-order valence-corrected chi connectivity index (χ4v) is 3.98. The summed E-state index contributed by atoms with van der Waals surface area (Å²) >= 11 is 0. The van der Waals surface area contributed by atoms with E-state index in [1.54, 1.807) is 4.68 Å². The largest absolute Gasteiger partial charge is 0.483 e. The Morgan fingerprint density at radius 3 is 2.60 bits per heavy atom. The molecule has 178 valence electrons. The first-order chi connectivity index (χ1) is 17.0. The van der Waals surface area contributed by atoms with E-state index in [0.717, 1.165) is 28.0 Å². The molecule has 4 rings (SSSR count). The summed E-state index contributed by atoms with van der Waals surface area (Å²) in [6.45, 7) is 4.04. The first-order valence-corrected chi connectivity index (χ1v) is 11.3. The van der Waals surface area contributed by atoms with Crippen molar-refractivity contribution in [2.45, 2.75) is 32.8 Å². The zero-order chi connectivity index (χ0) is 24.8. The zero-order valence-electron chi connectivity index (χ0n) is 19.9. The highest BCUT2D eigenvalue weighted by Crippen LogP contribution is 2.33. The maximum atomic E-state index is 11.5. The standard InChI is InChI=1S/C26H26N6O3/c1-17-24-18(2)32(31-25(24)20(13-15-27)30-29-17)21-11-7-8-12-23(21)35-22(14-16-34-26(33)28-3)19-9-5-4-6-10-19/h4-12,22H,13-14,16H2,1-3H3,(H,28,33). The predicted octanol–water partition coefficient (Wildman–Crippen LogP) is 4.36. The summed E-state index contributed by atoms with van der Waals surface area (Å²) in [5.41, 5.74) is 4.54. The molecule has 1 unspecified atom stereocenters. The van der Waals surface area contributed by atoms with Crippen LogP contribution in [-0.4, -0.2) is 39.7 Å². The Bertz CT molecular complexity index is 1380. The molecule has 0 aliphatic carbocycles. The van der Waals surface area contributed by atoms with E-state index < -0.39 is 6.09 Å². The smallest absolute Gasteiger partial charge is 0.406 e. The minimum Gasteiger partial charge on any atom is -0.483 e. The van der Waals surface area contributed by atoms with E-state index in [1.165, 1.54) is 7.05 Å². The van der Waals surface area contributed by atoms with Gasteiger partial charge in [-0.15, -0.1) is 0 Å². The van der Waals surface area contributed by atoms with Gasteiger partial charge in [-0.2, -0.15) is 20.6 Å². The number of carbonyl (C=O) groups is 1. The molecule has 0 aliphatic heterocycles. The van der Waals surface area contributed by atoms with Gasteiger partial charge in [-0.3, -0.25) is 0 Å². The Labute approximate surface area is 203 Å². The summed E-state index contributed by atoms with van der Waals surface area (Å²) < 4.78 is 13.5. The van der Waals surface area contributed by atoms with E-state index in [4.69, 9.17) is 14.6 Å². The van der Waals surface area contributed by atoms with Crippen molar-refractivity contribution in [2.75, 3.05) is 13.7 Å². The van der Waals surface area contributed by atoms with Crippen LogP contribution in [0.15, 0.2) is 54.6 Å². The van der Waals surface area contributed by atoms with Crippen LogP contribution >= 0.6 is 0 Å². The molecule has 0 bridgehead atoms. The number of aromatic nitrogens is 4. The normalized spacial score (nSPS) is 11.6. The third kappa shape index (κ3) is 5.06. The highest BCUT2D eigenvalue weighted by atomic mass is 16.5. The van der Waals surface area contributed by atoms with Gasteiger partial charge < -0.3 is 14.8 Å². The summed E-state index contributed by atoms with van der Waals surface area (Å²) in [4.78, 5) is 11.5. The Balaban J connectivity index is 1.73. The van der Waals surface area contributed by atoms with Crippen LogP contribution in [-0.2, 0) is 11.2 Å². The van der Waals surface area contributed by atoms with Gasteiger partial charge in [0.2, 0.25) is 0 Å². The number of rotatable bonds is 8. The number of nitrogens with one attached hydrogen (secondary N) is 1. The Kier molecular flexibility index (Phi) is 7.21. The summed E-state index contributed by atoms with van der Waals surface area (Å²) in [6.07, 6.45) is -0.251. The van der Waals surface area contributed by atoms with E-state index in [1.807, 2.05) is 68.4 Å². The lowest BCUT2D eigenvalue weighted by molar-refractivity contribution is 0.117. The Morgan fingerprint density at radius 2 is 1.86 bits per heavy atom. The van der Waals surface area contributed by atoms with Crippen LogP contribution in [0, 0.1) is 25.2 Å². The second kappa shape index (κ2) is 10.7. The second-order valence-electron chi connectivity index (χ2n) is 7.95. The van der Waals surface area contributed by atoms with Crippen LogP contribution in [0.25, 0.3) is 16.6 Å². The first kappa shape index (κ1) is 23.7. The topological polar surface area (TPSA) is 115 Å². The first-order valence-electron chi connectivity index (χ1n) is 11.3. The average Bonchev–Trinajstić information content (AvgIpc) is 3.23. The summed E-state index contributed by atoms with van der Waals surface area (Å²) in [5.74, 6) is 0.623. The highest BCUT2D eigenvalue weighted by molar-refractivity contribution is 5.86. The van der Waals surface area contributed by atoms with Gasteiger partial charge in [0, 0.05) is 18.9 Å². The molecule has 9 heteroatoms. The number of para-hydroxylation sites is 2. The number of benzene rings is 2. The lowest BCUT2D eigenvalue weighted by Crippen LogP contribution is -2.21. The number of alkyl carbamates (subject to hydrolysis) is 1. The minimum atomic E-state index is -0.484. The van der Waals surface area contributed by atoms with Crippen molar-refractivity contribution < 1.29 is 14.3 Å². The van der Waals surface area contributed by atoms with E-state index in [-0.39, 0.29) is 19.1 Å². The van der Waals surface area contributed by atoms with E-state index >= 15 is 0 Å². The minimum absolute atomic E-state index is 0.125. The van der Waals surface area contributed by atoms with Gasteiger partial charge in [-0.1, -0.05) is 42.5 Å². The van der Waals surface area contributed by atoms with E-state index in [0.29, 0.717) is 23.4 Å². The van der Waals surface area contributed by atoms with Crippen LogP contribution in [0.1, 0.15) is 35.2 Å². The van der Waals surface area contributed by atoms with Gasteiger partial charge in [-0.25, -0.2) is 9.48 Å². The molecule has 0 aliphatic rings. The number of aryl methyl sites for hydroxylation is 2. The van der Waals surface area contributed by atoms with Gasteiger partial charge in [0.25, 0.3) is 0 Å². The number of amides is 1. The van der Waals surface area contributed by atoms with Crippen molar-refractivity contribution >= 4 is 17.0 Å². The number of fused-ring (bicyclic) bond motifs is 1. The van der Waals surface area contributed by atoms with Crippen LogP contribution in [0.5, 0.6) is 5.75 Å². The maximum absolute atomic E-state index is 11.5. The molecule has 0 saturated heterocycles. The number of ether oxygens (including phenoxy) is 2. The quantitative estimate of drug-likeness (QED) is 0.407. The molecule has 2 aromatic carbocycles. The average molecular weight is 471 g/mol. The van der Waals surface area contributed by atoms with Gasteiger partial charge in [0.15, 0.2) is 0 Å². The number of hydrogen-bond donors (Lipinski definition) is 1. The maximum Gasteiger partial charge on any atom is 0.406 e. The van der Waals surface area contributed by atoms with Gasteiger partial charge in [-0.05, 0) is 31.5 Å². The number of hydrogen-bond acceptors (Lipinski definition) is 7. The van der Waals surface area contributed by atoms with Crippen molar-refractivity contribution in [1.82, 2.24) is 25.3 Å². The van der Waals surface area contributed by atoms with Gasteiger partial charge >= 0.3 is 6.09 Å². The molecule has 4 aromatic rings. The summed E-state index contributed by atoms with van der Waals surface area (Å²) in [7, 11) is 1.52. The van der Waals surface area contributed by atoms with Crippen LogP contribution in [0.4, 0.5) is 4.79 Å². The fourth-order valence-electron chi connectivity index (χ4n) is 3.98. The highest BCUT2D eigenvalue weighted by Gasteiger charge is 2.21. The monoisotopic (exact) mass is 470 g/mol. The molecule has 1 atom stereocenters. The SMILES string of the molecule is CNC(=O)OCCC(Oc1ccccc1-n1nc2c(CC#N)nnc(C)c2c1C)c1ccccc1. The molecule has 2 heterocycles. The van der Waals surface area contributed by atoms with Crippen molar-refractivity contribution in [1.29, 1.82) is 5.26 Å². The molecule has 0 radical (unpaired) electrons. The molecule has 1 amide bonds. The molecule has 2 aromatic heterocycles. The number of nitrogens with zero attached hydrogens (tertiary/aromatic N) is 5. The summed E-state index contributed by atoms with van der Waals surface area (Å²) in [6, 6.07) is 19.6. The van der Waals surface area contributed by atoms with E-state index in [9.17, 15) is 10.1 Å². The van der Waals surface area contributed by atoms with E-state index in [2.05, 4.69) is 21.6 Å². The molecular formula is C26H26N6O3. The zero-order valence-corrected chi connectivity index (χ0v) is 19.9. The molecule has 9 nitrogen and oxygen atoms in total. The molecule has 1 N–H and O–H groups in total. The van der Waals surface area contributed by atoms with Crippen molar-refractivity contribution in [2.24, 2.45) is 0 Å². The second-order valence-corrected chi connectivity index (χ2v) is 7.95. The van der Waals surface area contributed by atoms with Crippen LogP contribution in [0.2, 0.25) is 0 Å². The van der Waals surface area contributed by atoms with Crippen molar-refractivity contribution in [3.05, 3.63) is 77.2 Å². The molecule has 0 saturated carbocycles. The lowest BCUT2D eigenvalue weighted by Gasteiger charge is -2.22. The summed E-state index contributed by atoms with van der Waals surface area (Å²) in [5, 5.41) is 25.7. The van der Waals surface area contributed by atoms with Crippen LogP contribution in [0.3, 0.4) is 0 Å². The fraction of sp³-hybridized carbons (Fsp3) is 0.269. The van der Waals surface area contributed by atoms with Gasteiger partial charge in [0.05, 0.1) is 30.5 Å². The van der Waals surface area contributed by atoms with Crippen molar-refractivity contribution in [3.63, 3.8) is 0 Å². The molecule has 0 fully saturated rings. The van der Waals surface area contributed by atoms with Crippen molar-refractivity contribution in [3.8, 4) is 17.5 Å². The lowest BCUT2D eigenvalue weighted by atomic mass is 10.1. The van der Waals surface area contributed by atoms with Gasteiger partial charge in [0.1, 0.15) is 28.8 Å². The molecular weight excluding hydrogens is 444 g/mol. The third-order valence-corrected chi connectivity index (χ3v) is 5.67. The molecule has 35 heavy (non-hydrogen) atoms. The third-order valence-electron chi connectivity index (χ3n) is 5.67. The molecule has 0 spiro atoms. The van der Waals surface area contributed by atoms with Crippen LogP contribution < -0.4 is 10.1 Å². The number of nitriles is 1. The Morgan fingerprint density at radius 1 is 1.11 bits per heavy atom.